The molecule has 28 heavy (non-hydrogen) atoms. The van der Waals surface area contributed by atoms with Gasteiger partial charge in [-0.05, 0) is 41.8 Å². The number of nitrogens with zero attached hydrogens (tertiary/aromatic N) is 2. The Kier molecular flexibility index (Phi) is 4.89. The minimum Gasteiger partial charge on any atom is -0.493 e. The average Bonchev–Trinajstić information content (AvgIpc) is 3.16. The predicted molar refractivity (Wildman–Crippen MR) is 109 cm³/mol. The molecule has 7 nitrogen and oxygen atoms in total. The molecular weight excluding hydrogens is 356 g/mol. The molecular formula is C21H22N4O3. The van der Waals surface area contributed by atoms with Gasteiger partial charge in [-0.25, -0.2) is 4.79 Å². The van der Waals surface area contributed by atoms with Gasteiger partial charge < -0.3 is 14.4 Å². The maximum atomic E-state index is 12.6. The highest BCUT2D eigenvalue weighted by atomic mass is 16.5. The molecule has 0 unspecified atom stereocenters. The first-order valence-electron chi connectivity index (χ1n) is 9.10. The summed E-state index contributed by atoms with van der Waals surface area (Å²) < 4.78 is 10.7. The van der Waals surface area contributed by atoms with Crippen LogP contribution < -0.4 is 14.8 Å². The van der Waals surface area contributed by atoms with Crippen LogP contribution >= 0.6 is 0 Å². The average molecular weight is 378 g/mol. The maximum absolute atomic E-state index is 12.6. The van der Waals surface area contributed by atoms with E-state index >= 15 is 0 Å². The van der Waals surface area contributed by atoms with Gasteiger partial charge in [0.15, 0.2) is 17.3 Å². The third kappa shape index (κ3) is 3.38. The van der Waals surface area contributed by atoms with Gasteiger partial charge in [0.25, 0.3) is 0 Å². The Morgan fingerprint density at radius 1 is 1.14 bits per heavy atom. The smallest absolute Gasteiger partial charge is 0.323 e. The fourth-order valence-corrected chi connectivity index (χ4v) is 3.39. The standard InChI is InChI=1S/C21H22N4O3/c1-27-18-8-7-15(13-19(18)28-2)14-9-11-25(12-10-14)21(26)22-20-16-5-3-4-6-17(16)23-24-20/h3-9,13H,10-12H2,1-2H3,(H2,22,23,24,26). The van der Waals surface area contributed by atoms with Crippen molar-refractivity contribution < 1.29 is 14.3 Å². The minimum absolute atomic E-state index is 0.153. The number of methoxy groups -OCH3 is 2. The van der Waals surface area contributed by atoms with Gasteiger partial charge in [0.2, 0.25) is 0 Å². The highest BCUT2D eigenvalue weighted by Gasteiger charge is 2.20. The van der Waals surface area contributed by atoms with Crippen molar-refractivity contribution in [2.24, 2.45) is 0 Å². The van der Waals surface area contributed by atoms with E-state index in [4.69, 9.17) is 9.47 Å². The first-order valence-corrected chi connectivity index (χ1v) is 9.10. The van der Waals surface area contributed by atoms with E-state index in [-0.39, 0.29) is 6.03 Å². The van der Waals surface area contributed by atoms with Crippen molar-refractivity contribution in [3.05, 3.63) is 54.1 Å². The highest BCUT2D eigenvalue weighted by Crippen LogP contribution is 2.32. The van der Waals surface area contributed by atoms with Crippen LogP contribution in [0.25, 0.3) is 16.5 Å². The number of fused-ring (bicyclic) bond motifs is 1. The number of urea groups is 1. The second-order valence-electron chi connectivity index (χ2n) is 6.54. The van der Waals surface area contributed by atoms with E-state index in [1.807, 2.05) is 42.5 Å². The third-order valence-corrected chi connectivity index (χ3v) is 4.95. The molecule has 144 valence electrons. The Bertz CT molecular complexity index is 1040. The monoisotopic (exact) mass is 378 g/mol. The Balaban J connectivity index is 1.45. The number of ether oxygens (including phenoxy) is 2. The first kappa shape index (κ1) is 17.9. The Hall–Kier alpha value is -3.48. The van der Waals surface area contributed by atoms with Crippen molar-refractivity contribution in [3.63, 3.8) is 0 Å². The molecule has 1 aromatic heterocycles. The molecule has 0 aliphatic carbocycles. The molecule has 0 saturated carbocycles. The van der Waals surface area contributed by atoms with E-state index < -0.39 is 0 Å². The molecule has 0 radical (unpaired) electrons. The SMILES string of the molecule is COc1ccc(C2=CCN(C(=O)Nc3n[nH]c4ccccc34)CC2)cc1OC. The van der Waals surface area contributed by atoms with Crippen LogP contribution in [0.2, 0.25) is 0 Å². The fourth-order valence-electron chi connectivity index (χ4n) is 3.39. The van der Waals surface area contributed by atoms with Crippen molar-refractivity contribution >= 4 is 28.3 Å². The Morgan fingerprint density at radius 2 is 1.96 bits per heavy atom. The van der Waals surface area contributed by atoms with Crippen molar-refractivity contribution in [1.82, 2.24) is 15.1 Å². The van der Waals surface area contributed by atoms with E-state index in [1.54, 1.807) is 19.1 Å². The molecule has 2 N–H and O–H groups in total. The number of para-hydroxylation sites is 1. The van der Waals surface area contributed by atoms with Crippen LogP contribution in [0.4, 0.5) is 10.6 Å². The Morgan fingerprint density at radius 3 is 2.71 bits per heavy atom. The van der Waals surface area contributed by atoms with Gasteiger partial charge in [-0.2, -0.15) is 5.10 Å². The van der Waals surface area contributed by atoms with E-state index in [0.29, 0.717) is 30.4 Å². The summed E-state index contributed by atoms with van der Waals surface area (Å²) in [5, 5.41) is 10.9. The molecule has 0 atom stereocenters. The highest BCUT2D eigenvalue weighted by molar-refractivity contribution is 5.99. The molecule has 2 aromatic carbocycles. The van der Waals surface area contributed by atoms with Crippen LogP contribution in [-0.4, -0.2) is 48.4 Å². The largest absolute Gasteiger partial charge is 0.493 e. The topological polar surface area (TPSA) is 79.5 Å². The lowest BCUT2D eigenvalue weighted by Gasteiger charge is -2.26. The van der Waals surface area contributed by atoms with E-state index in [1.165, 1.54) is 5.57 Å². The van der Waals surface area contributed by atoms with Crippen molar-refractivity contribution in [1.29, 1.82) is 0 Å². The number of aromatic nitrogens is 2. The summed E-state index contributed by atoms with van der Waals surface area (Å²) in [6.45, 7) is 1.17. The molecule has 2 amide bonds. The number of anilines is 1. The summed E-state index contributed by atoms with van der Waals surface area (Å²) in [6.07, 6.45) is 2.84. The summed E-state index contributed by atoms with van der Waals surface area (Å²) >= 11 is 0. The zero-order valence-corrected chi connectivity index (χ0v) is 15.9. The lowest BCUT2D eigenvalue weighted by molar-refractivity contribution is 0.217. The molecule has 3 aromatic rings. The number of amides is 2. The third-order valence-electron chi connectivity index (χ3n) is 4.95. The van der Waals surface area contributed by atoms with Crippen LogP contribution in [-0.2, 0) is 0 Å². The number of carbonyl (C=O) groups excluding carboxylic acids is 1. The summed E-state index contributed by atoms with van der Waals surface area (Å²) in [5.41, 5.74) is 3.17. The molecule has 0 fully saturated rings. The van der Waals surface area contributed by atoms with Gasteiger partial charge in [-0.3, -0.25) is 10.4 Å². The minimum atomic E-state index is -0.153. The first-order chi connectivity index (χ1) is 13.7. The molecule has 4 rings (SSSR count). The van der Waals surface area contributed by atoms with Gasteiger partial charge >= 0.3 is 6.03 Å². The van der Waals surface area contributed by atoms with Crippen molar-refractivity contribution in [2.45, 2.75) is 6.42 Å². The number of carbonyl (C=O) groups is 1. The molecule has 7 heteroatoms. The Labute approximate surface area is 162 Å². The van der Waals surface area contributed by atoms with Crippen molar-refractivity contribution in [2.75, 3.05) is 32.6 Å². The lowest BCUT2D eigenvalue weighted by Crippen LogP contribution is -2.38. The second-order valence-corrected chi connectivity index (χ2v) is 6.54. The number of nitrogens with one attached hydrogen (secondary N) is 2. The number of H-pyrrole nitrogens is 1. The molecule has 0 saturated heterocycles. The summed E-state index contributed by atoms with van der Waals surface area (Å²) in [6, 6.07) is 13.4. The number of benzene rings is 2. The van der Waals surface area contributed by atoms with Gasteiger partial charge in [-0.15, -0.1) is 0 Å². The number of aromatic amines is 1. The number of hydrogen-bond donors (Lipinski definition) is 2. The lowest BCUT2D eigenvalue weighted by atomic mass is 9.99. The molecule has 1 aliphatic rings. The van der Waals surface area contributed by atoms with Crippen LogP contribution in [0.15, 0.2) is 48.5 Å². The summed E-state index contributed by atoms with van der Waals surface area (Å²) in [4.78, 5) is 14.4. The van der Waals surface area contributed by atoms with Crippen LogP contribution in [0.3, 0.4) is 0 Å². The van der Waals surface area contributed by atoms with Gasteiger partial charge in [0.05, 0.1) is 19.7 Å². The van der Waals surface area contributed by atoms with E-state index in [0.717, 1.165) is 22.9 Å². The zero-order chi connectivity index (χ0) is 19.5. The fraction of sp³-hybridized carbons (Fsp3) is 0.238. The number of hydrogen-bond acceptors (Lipinski definition) is 4. The molecule has 0 spiro atoms. The van der Waals surface area contributed by atoms with E-state index in [2.05, 4.69) is 21.6 Å². The summed E-state index contributed by atoms with van der Waals surface area (Å²) in [7, 11) is 3.25. The van der Waals surface area contributed by atoms with Gasteiger partial charge in [0, 0.05) is 18.5 Å². The molecule has 1 aliphatic heterocycles. The van der Waals surface area contributed by atoms with Crippen LogP contribution in [0.1, 0.15) is 12.0 Å². The molecule has 2 heterocycles. The molecule has 0 bridgehead atoms. The van der Waals surface area contributed by atoms with Gasteiger partial charge in [-0.1, -0.05) is 24.3 Å². The summed E-state index contributed by atoms with van der Waals surface area (Å²) in [5.74, 6) is 1.96. The van der Waals surface area contributed by atoms with E-state index in [9.17, 15) is 4.79 Å². The normalized spacial score (nSPS) is 13.9. The van der Waals surface area contributed by atoms with Crippen LogP contribution in [0.5, 0.6) is 11.5 Å². The van der Waals surface area contributed by atoms with Crippen molar-refractivity contribution in [3.8, 4) is 11.5 Å². The quantitative estimate of drug-likeness (QED) is 0.722. The second kappa shape index (κ2) is 7.64. The maximum Gasteiger partial charge on any atom is 0.323 e. The zero-order valence-electron chi connectivity index (χ0n) is 15.9. The van der Waals surface area contributed by atoms with Gasteiger partial charge in [0.1, 0.15) is 0 Å². The number of rotatable bonds is 4. The van der Waals surface area contributed by atoms with Crippen LogP contribution in [0, 0.1) is 0 Å². The predicted octanol–water partition coefficient (Wildman–Crippen LogP) is 3.90.